The molecule has 1 aromatic rings. The van der Waals surface area contributed by atoms with Gasteiger partial charge in [0.05, 0.1) is 12.0 Å². The van der Waals surface area contributed by atoms with Gasteiger partial charge in [0, 0.05) is 6.04 Å². The number of hydrogen-bond acceptors (Lipinski definition) is 3. The van der Waals surface area contributed by atoms with E-state index in [0.717, 1.165) is 5.56 Å². The molecule has 0 aromatic heterocycles. The molecule has 0 bridgehead atoms. The maximum Gasteiger partial charge on any atom is 0.325 e. The Morgan fingerprint density at radius 2 is 1.76 bits per heavy atom. The number of amides is 1. The molecular weight excluding hydrogens is 266 g/mol. The lowest BCUT2D eigenvalue weighted by molar-refractivity contribution is -0.151. The van der Waals surface area contributed by atoms with Crippen LogP contribution in [-0.4, -0.2) is 36.0 Å². The lowest BCUT2D eigenvalue weighted by Crippen LogP contribution is -2.49. The largest absolute Gasteiger partial charge is 0.465 e. The maximum absolute atomic E-state index is 12.9. The number of ether oxygens (including phenoxy) is 1. The summed E-state index contributed by atoms with van der Waals surface area (Å²) in [6.45, 7) is 9.63. The highest BCUT2D eigenvalue weighted by Gasteiger charge is 2.35. The molecule has 0 saturated carbocycles. The number of hydrogen-bond donors (Lipinski definition) is 0. The molecule has 0 N–H and O–H groups in total. The summed E-state index contributed by atoms with van der Waals surface area (Å²) >= 11 is 0. The van der Waals surface area contributed by atoms with Crippen molar-refractivity contribution in [3.8, 4) is 0 Å². The fourth-order valence-corrected chi connectivity index (χ4v) is 2.17. The monoisotopic (exact) mass is 291 g/mol. The molecule has 4 heteroatoms. The van der Waals surface area contributed by atoms with E-state index >= 15 is 0 Å². The Bertz CT molecular complexity index is 480. The minimum atomic E-state index is -0.683. The van der Waals surface area contributed by atoms with Gasteiger partial charge in [0.15, 0.2) is 0 Å². The Kier molecular flexibility index (Phi) is 5.94. The Labute approximate surface area is 127 Å². The Morgan fingerprint density at radius 3 is 2.24 bits per heavy atom. The van der Waals surface area contributed by atoms with Crippen LogP contribution in [0.4, 0.5) is 0 Å². The first-order valence-corrected chi connectivity index (χ1v) is 7.33. The third-order valence-electron chi connectivity index (χ3n) is 3.52. The predicted octanol–water partition coefficient (Wildman–Crippen LogP) is 2.76. The van der Waals surface area contributed by atoms with Gasteiger partial charge in [-0.2, -0.15) is 0 Å². The summed E-state index contributed by atoms with van der Waals surface area (Å²) in [6.07, 6.45) is 0. The first kappa shape index (κ1) is 17.2. The van der Waals surface area contributed by atoms with Crippen molar-refractivity contribution in [1.82, 2.24) is 4.90 Å². The number of carbonyl (C=O) groups excluding carboxylic acids is 2. The molecule has 0 atom stereocenters. The standard InChI is InChI=1S/C17H25NO3/c1-6-21-15(19)12-18(13(2)3)16(20)17(4,5)14-10-8-7-9-11-14/h7-11,13H,6,12H2,1-5H3. The van der Waals surface area contributed by atoms with Crippen LogP contribution in [0.15, 0.2) is 30.3 Å². The SMILES string of the molecule is CCOC(=O)CN(C(=O)C(C)(C)c1ccccc1)C(C)C. The van der Waals surface area contributed by atoms with Crippen LogP contribution in [0.5, 0.6) is 0 Å². The highest BCUT2D eigenvalue weighted by Crippen LogP contribution is 2.26. The lowest BCUT2D eigenvalue weighted by Gasteiger charge is -2.34. The molecular formula is C17H25NO3. The van der Waals surface area contributed by atoms with Crippen LogP contribution in [0.1, 0.15) is 40.2 Å². The van der Waals surface area contributed by atoms with Crippen LogP contribution in [0, 0.1) is 0 Å². The first-order valence-electron chi connectivity index (χ1n) is 7.33. The van der Waals surface area contributed by atoms with E-state index in [9.17, 15) is 9.59 Å². The van der Waals surface area contributed by atoms with E-state index in [2.05, 4.69) is 0 Å². The Hall–Kier alpha value is -1.84. The molecule has 0 fully saturated rings. The van der Waals surface area contributed by atoms with Gasteiger partial charge in [-0.25, -0.2) is 0 Å². The molecule has 0 aliphatic carbocycles. The van der Waals surface area contributed by atoms with E-state index in [0.29, 0.717) is 6.61 Å². The van der Waals surface area contributed by atoms with Crippen LogP contribution in [0.25, 0.3) is 0 Å². The maximum atomic E-state index is 12.9. The second-order valence-electron chi connectivity index (χ2n) is 5.82. The van der Waals surface area contributed by atoms with Crippen LogP contribution in [0.3, 0.4) is 0 Å². The summed E-state index contributed by atoms with van der Waals surface area (Å²) in [7, 11) is 0. The highest BCUT2D eigenvalue weighted by atomic mass is 16.5. The zero-order valence-corrected chi connectivity index (χ0v) is 13.6. The van der Waals surface area contributed by atoms with E-state index in [1.807, 2.05) is 58.0 Å². The van der Waals surface area contributed by atoms with E-state index in [4.69, 9.17) is 4.74 Å². The lowest BCUT2D eigenvalue weighted by atomic mass is 9.83. The molecule has 21 heavy (non-hydrogen) atoms. The van der Waals surface area contributed by atoms with Crippen LogP contribution < -0.4 is 0 Å². The van der Waals surface area contributed by atoms with Crippen molar-refractivity contribution < 1.29 is 14.3 Å². The summed E-state index contributed by atoms with van der Waals surface area (Å²) in [6, 6.07) is 9.54. The summed E-state index contributed by atoms with van der Waals surface area (Å²) in [4.78, 5) is 26.1. The topological polar surface area (TPSA) is 46.6 Å². The average Bonchev–Trinajstić information content (AvgIpc) is 2.45. The second kappa shape index (κ2) is 7.25. The van der Waals surface area contributed by atoms with Crippen molar-refractivity contribution in [2.24, 2.45) is 0 Å². The van der Waals surface area contributed by atoms with Crippen molar-refractivity contribution in [3.05, 3.63) is 35.9 Å². The number of benzene rings is 1. The van der Waals surface area contributed by atoms with Crippen molar-refractivity contribution >= 4 is 11.9 Å². The quantitative estimate of drug-likeness (QED) is 0.757. The molecule has 1 aromatic carbocycles. The number of rotatable bonds is 6. The van der Waals surface area contributed by atoms with Gasteiger partial charge in [-0.15, -0.1) is 0 Å². The van der Waals surface area contributed by atoms with Crippen LogP contribution >= 0.6 is 0 Å². The highest BCUT2D eigenvalue weighted by molar-refractivity contribution is 5.90. The molecule has 0 spiro atoms. The minimum Gasteiger partial charge on any atom is -0.465 e. The second-order valence-corrected chi connectivity index (χ2v) is 5.82. The third-order valence-corrected chi connectivity index (χ3v) is 3.52. The van der Waals surface area contributed by atoms with Gasteiger partial charge in [-0.3, -0.25) is 9.59 Å². The summed E-state index contributed by atoms with van der Waals surface area (Å²) in [5.41, 5.74) is 0.252. The van der Waals surface area contributed by atoms with Gasteiger partial charge in [0.2, 0.25) is 5.91 Å². The van der Waals surface area contributed by atoms with Gasteiger partial charge >= 0.3 is 5.97 Å². The molecule has 1 amide bonds. The van der Waals surface area contributed by atoms with E-state index < -0.39 is 5.41 Å². The predicted molar refractivity (Wildman–Crippen MR) is 83.0 cm³/mol. The zero-order valence-electron chi connectivity index (χ0n) is 13.6. The number of esters is 1. The molecule has 0 radical (unpaired) electrons. The third kappa shape index (κ3) is 4.31. The minimum absolute atomic E-state index is 0.0133. The van der Waals surface area contributed by atoms with Crippen molar-refractivity contribution in [2.75, 3.05) is 13.2 Å². The van der Waals surface area contributed by atoms with Gasteiger partial charge in [0.1, 0.15) is 6.54 Å². The molecule has 0 saturated heterocycles. The van der Waals surface area contributed by atoms with E-state index in [-0.39, 0.29) is 24.5 Å². The van der Waals surface area contributed by atoms with Gasteiger partial charge in [-0.1, -0.05) is 30.3 Å². The smallest absolute Gasteiger partial charge is 0.325 e. The normalized spacial score (nSPS) is 11.3. The molecule has 116 valence electrons. The van der Waals surface area contributed by atoms with E-state index in [1.165, 1.54) is 0 Å². The summed E-state index contributed by atoms with van der Waals surface area (Å²) in [5, 5.41) is 0. The first-order chi connectivity index (χ1) is 9.80. The van der Waals surface area contributed by atoms with Gasteiger partial charge < -0.3 is 9.64 Å². The Morgan fingerprint density at radius 1 is 1.19 bits per heavy atom. The molecule has 1 rings (SSSR count). The number of carbonyl (C=O) groups is 2. The molecule has 0 heterocycles. The Balaban J connectivity index is 2.97. The fourth-order valence-electron chi connectivity index (χ4n) is 2.17. The van der Waals surface area contributed by atoms with Crippen LogP contribution in [0.2, 0.25) is 0 Å². The van der Waals surface area contributed by atoms with Gasteiger partial charge in [0.25, 0.3) is 0 Å². The van der Waals surface area contributed by atoms with Crippen molar-refractivity contribution in [3.63, 3.8) is 0 Å². The molecule has 0 aliphatic heterocycles. The summed E-state index contributed by atoms with van der Waals surface area (Å²) < 4.78 is 4.96. The number of nitrogens with zero attached hydrogens (tertiary/aromatic N) is 1. The van der Waals surface area contributed by atoms with Crippen molar-refractivity contribution in [2.45, 2.75) is 46.1 Å². The van der Waals surface area contributed by atoms with Gasteiger partial charge in [-0.05, 0) is 40.2 Å². The molecule has 0 aliphatic rings. The fraction of sp³-hybridized carbons (Fsp3) is 0.529. The van der Waals surface area contributed by atoms with Crippen LogP contribution in [-0.2, 0) is 19.7 Å². The van der Waals surface area contributed by atoms with Crippen molar-refractivity contribution in [1.29, 1.82) is 0 Å². The van der Waals surface area contributed by atoms with E-state index in [1.54, 1.807) is 11.8 Å². The average molecular weight is 291 g/mol. The zero-order chi connectivity index (χ0) is 16.0. The molecule has 0 unspecified atom stereocenters. The molecule has 4 nitrogen and oxygen atoms in total. The summed E-state index contributed by atoms with van der Waals surface area (Å²) in [5.74, 6) is -0.444.